The summed E-state index contributed by atoms with van der Waals surface area (Å²) in [6.07, 6.45) is 2.96. The number of carboxylic acids is 1. The lowest BCUT2D eigenvalue weighted by molar-refractivity contribution is -0.137. The fraction of sp³-hybridized carbons (Fsp3) is 0.321. The first-order valence-electron chi connectivity index (χ1n) is 11.9. The quantitative estimate of drug-likeness (QED) is 0.224. The van der Waals surface area contributed by atoms with E-state index in [4.69, 9.17) is 33.0 Å². The summed E-state index contributed by atoms with van der Waals surface area (Å²) < 4.78 is 6.08. The summed E-state index contributed by atoms with van der Waals surface area (Å²) in [5.74, 6) is 0.699. The molecule has 0 aliphatic carbocycles. The van der Waals surface area contributed by atoms with Gasteiger partial charge in [-0.2, -0.15) is 0 Å². The van der Waals surface area contributed by atoms with Crippen molar-refractivity contribution in [3.05, 3.63) is 76.4 Å². The van der Waals surface area contributed by atoms with Gasteiger partial charge in [-0.1, -0.05) is 61.7 Å². The van der Waals surface area contributed by atoms with E-state index in [-0.39, 0.29) is 24.7 Å². The minimum Gasteiger partial charge on any atom is -0.491 e. The summed E-state index contributed by atoms with van der Waals surface area (Å²) >= 11 is 12.3. The molecule has 0 bridgehead atoms. The molecule has 0 amide bonds. The lowest BCUT2D eigenvalue weighted by Gasteiger charge is -2.25. The number of nitrogens with zero attached hydrogens (tertiary/aromatic N) is 1. The summed E-state index contributed by atoms with van der Waals surface area (Å²) in [6.45, 7) is 4.71. The fourth-order valence-electron chi connectivity index (χ4n) is 3.65. The van der Waals surface area contributed by atoms with Crippen LogP contribution in [0, 0.1) is 5.92 Å². The summed E-state index contributed by atoms with van der Waals surface area (Å²) in [6, 6.07) is 16.7. The van der Waals surface area contributed by atoms with Crippen molar-refractivity contribution in [3.8, 4) is 16.9 Å². The van der Waals surface area contributed by atoms with Crippen LogP contribution in [0.25, 0.3) is 11.1 Å². The van der Waals surface area contributed by atoms with Gasteiger partial charge >= 0.3 is 5.97 Å². The zero-order valence-electron chi connectivity index (χ0n) is 20.3. The van der Waals surface area contributed by atoms with Crippen molar-refractivity contribution in [3.63, 3.8) is 0 Å². The highest BCUT2D eigenvalue weighted by molar-refractivity contribution is 6.36. The predicted molar refractivity (Wildman–Crippen MR) is 144 cm³/mol. The Bertz CT molecular complexity index is 1170. The van der Waals surface area contributed by atoms with E-state index in [1.54, 1.807) is 18.2 Å². The summed E-state index contributed by atoms with van der Waals surface area (Å²) in [5, 5.41) is 13.3. The lowest BCUT2D eigenvalue weighted by atomic mass is 10.00. The van der Waals surface area contributed by atoms with Crippen LogP contribution in [0.2, 0.25) is 10.0 Å². The highest BCUT2D eigenvalue weighted by Crippen LogP contribution is 2.31. The van der Waals surface area contributed by atoms with E-state index in [9.17, 15) is 9.59 Å². The average Bonchev–Trinajstić information content (AvgIpc) is 2.86. The summed E-state index contributed by atoms with van der Waals surface area (Å²) in [4.78, 5) is 27.3. The van der Waals surface area contributed by atoms with Crippen molar-refractivity contribution in [2.24, 2.45) is 5.92 Å². The number of pyridine rings is 1. The Kier molecular flexibility index (Phi) is 10.1. The number of anilines is 1. The van der Waals surface area contributed by atoms with Crippen LogP contribution in [0.3, 0.4) is 0 Å². The fourth-order valence-corrected chi connectivity index (χ4v) is 4.17. The predicted octanol–water partition coefficient (Wildman–Crippen LogP) is 7.40. The third-order valence-corrected chi connectivity index (χ3v) is 6.62. The Hall–Kier alpha value is -3.09. The van der Waals surface area contributed by atoms with Gasteiger partial charge < -0.3 is 15.2 Å². The molecule has 0 radical (unpaired) electrons. The number of benzene rings is 2. The van der Waals surface area contributed by atoms with Gasteiger partial charge in [0.25, 0.3) is 0 Å². The number of carbonyl (C=O) groups excluding carboxylic acids is 1. The molecule has 0 saturated heterocycles. The molecule has 8 heteroatoms. The number of halogens is 2. The van der Waals surface area contributed by atoms with Crippen LogP contribution in [0.15, 0.2) is 60.8 Å². The molecule has 2 atom stereocenters. The summed E-state index contributed by atoms with van der Waals surface area (Å²) in [5.41, 5.74) is 2.35. The van der Waals surface area contributed by atoms with E-state index >= 15 is 0 Å². The second kappa shape index (κ2) is 13.3. The molecule has 0 fully saturated rings. The van der Waals surface area contributed by atoms with Gasteiger partial charge in [0.1, 0.15) is 18.2 Å². The number of hydrogen-bond acceptors (Lipinski definition) is 5. The summed E-state index contributed by atoms with van der Waals surface area (Å²) in [7, 11) is 0. The first-order chi connectivity index (χ1) is 17.3. The Morgan fingerprint density at radius 2 is 1.81 bits per heavy atom. The van der Waals surface area contributed by atoms with Crippen LogP contribution in [-0.2, 0) is 4.79 Å². The van der Waals surface area contributed by atoms with Crippen molar-refractivity contribution in [1.82, 2.24) is 4.98 Å². The number of hydrogen-bond donors (Lipinski definition) is 2. The second-order valence-electron chi connectivity index (χ2n) is 8.70. The number of Topliss-reactive ketones (excluding diaryl/α,β-unsaturated/α-hetero) is 1. The van der Waals surface area contributed by atoms with Crippen LogP contribution >= 0.6 is 23.2 Å². The molecular weight excluding hydrogens is 499 g/mol. The number of aliphatic carboxylic acids is 1. The number of rotatable bonds is 13. The average molecular weight is 529 g/mol. The van der Waals surface area contributed by atoms with Crippen LogP contribution in [-0.4, -0.2) is 34.5 Å². The molecule has 2 N–H and O–H groups in total. The molecule has 1 aromatic heterocycles. The molecule has 190 valence electrons. The van der Waals surface area contributed by atoms with E-state index < -0.39 is 5.97 Å². The SMILES string of the molecule is CC[C@H](C)[C@@H](COc1ccc(-c2ccc(Cl)cc2Cl)cc1)Nc1ccc(C(=O)CCCC(=O)O)cn1. The number of ketones is 1. The molecule has 0 spiro atoms. The van der Waals surface area contributed by atoms with Gasteiger partial charge in [-0.25, -0.2) is 4.98 Å². The molecule has 6 nitrogen and oxygen atoms in total. The topological polar surface area (TPSA) is 88.5 Å². The number of aromatic nitrogens is 1. The molecule has 1 heterocycles. The van der Waals surface area contributed by atoms with Crippen LogP contribution in [0.5, 0.6) is 5.75 Å². The van der Waals surface area contributed by atoms with E-state index in [0.717, 1.165) is 23.3 Å². The molecular formula is C28H30Cl2N2O4. The molecule has 36 heavy (non-hydrogen) atoms. The van der Waals surface area contributed by atoms with E-state index in [0.29, 0.717) is 40.4 Å². The first-order valence-corrected chi connectivity index (χ1v) is 12.7. The molecule has 0 aliphatic rings. The number of carbonyl (C=O) groups is 2. The lowest BCUT2D eigenvalue weighted by Crippen LogP contribution is -2.33. The molecule has 0 saturated carbocycles. The van der Waals surface area contributed by atoms with E-state index in [1.807, 2.05) is 36.4 Å². The molecule has 2 aromatic carbocycles. The van der Waals surface area contributed by atoms with Crippen LogP contribution < -0.4 is 10.1 Å². The van der Waals surface area contributed by atoms with Gasteiger partial charge in [-0.3, -0.25) is 9.59 Å². The minimum absolute atomic E-state index is 0.00463. The van der Waals surface area contributed by atoms with Crippen molar-refractivity contribution < 1.29 is 19.4 Å². The van der Waals surface area contributed by atoms with Crippen molar-refractivity contribution >= 4 is 40.8 Å². The van der Waals surface area contributed by atoms with E-state index in [1.165, 1.54) is 6.20 Å². The molecule has 0 aliphatic heterocycles. The Balaban J connectivity index is 1.60. The van der Waals surface area contributed by atoms with Crippen molar-refractivity contribution in [2.45, 2.75) is 45.6 Å². The van der Waals surface area contributed by atoms with E-state index in [2.05, 4.69) is 24.1 Å². The normalized spacial score (nSPS) is 12.6. The Morgan fingerprint density at radius 3 is 2.42 bits per heavy atom. The molecule has 3 aromatic rings. The van der Waals surface area contributed by atoms with Crippen molar-refractivity contribution in [1.29, 1.82) is 0 Å². The highest BCUT2D eigenvalue weighted by atomic mass is 35.5. The zero-order valence-corrected chi connectivity index (χ0v) is 21.9. The van der Waals surface area contributed by atoms with Gasteiger partial charge in [0, 0.05) is 40.2 Å². The Morgan fingerprint density at radius 1 is 1.06 bits per heavy atom. The second-order valence-corrected chi connectivity index (χ2v) is 9.54. The molecule has 0 unspecified atom stereocenters. The third kappa shape index (κ3) is 7.97. The van der Waals surface area contributed by atoms with Crippen molar-refractivity contribution in [2.75, 3.05) is 11.9 Å². The van der Waals surface area contributed by atoms with Crippen LogP contribution in [0.4, 0.5) is 5.82 Å². The maximum absolute atomic E-state index is 12.2. The van der Waals surface area contributed by atoms with Gasteiger partial charge in [-0.15, -0.1) is 0 Å². The van der Waals surface area contributed by atoms with Gasteiger partial charge in [-0.05, 0) is 54.3 Å². The smallest absolute Gasteiger partial charge is 0.303 e. The number of carboxylic acid groups (broad SMARTS) is 1. The number of nitrogens with one attached hydrogen (secondary N) is 1. The largest absolute Gasteiger partial charge is 0.491 e. The highest BCUT2D eigenvalue weighted by Gasteiger charge is 2.18. The first kappa shape index (κ1) is 27.5. The maximum atomic E-state index is 12.2. The third-order valence-electron chi connectivity index (χ3n) is 6.07. The van der Waals surface area contributed by atoms with Crippen LogP contribution in [0.1, 0.15) is 49.9 Å². The monoisotopic (exact) mass is 528 g/mol. The van der Waals surface area contributed by atoms with Gasteiger partial charge in [0.15, 0.2) is 5.78 Å². The standard InChI is InChI=1S/C28H30Cl2N2O4/c1-3-18(2)25(32-27-14-9-20(16-31-27)26(33)5-4-6-28(34)35)17-36-22-11-7-19(8-12-22)23-13-10-21(29)15-24(23)30/h7-16,18,25H,3-6,17H2,1-2H3,(H,31,32)(H,34,35)/t18-,25+/m0/s1. The number of ether oxygens (including phenoxy) is 1. The van der Waals surface area contributed by atoms with Gasteiger partial charge in [0.2, 0.25) is 0 Å². The minimum atomic E-state index is -0.902. The maximum Gasteiger partial charge on any atom is 0.303 e. The van der Waals surface area contributed by atoms with Gasteiger partial charge in [0.05, 0.1) is 6.04 Å². The zero-order chi connectivity index (χ0) is 26.1. The Labute approximate surface area is 221 Å². The molecule has 3 rings (SSSR count).